The SMILES string of the molecule is COc1ccc(C(O[C@H]2C[C@@H](n3cnc4c(NC(=O)c5ccccc5)ncnc43)[C@H](OP(OCCC#N)N(C(C)C)C(C)C)[C@@H]2O[Si](C)(C)C(C)(C)C)(c2ccccc2)c2ccc(OC)cc2)cc1. The Bertz CT molecular complexity index is 2600. The molecule has 1 aliphatic carbocycles. The fraction of sp³-hybridized carbons (Fsp3) is 0.415. The van der Waals surface area contributed by atoms with Gasteiger partial charge in [-0.25, -0.2) is 19.6 Å². The number of methoxy groups -OCH3 is 2. The van der Waals surface area contributed by atoms with Gasteiger partial charge in [0.05, 0.1) is 51.8 Å². The molecule has 0 spiro atoms. The maximum atomic E-state index is 13.5. The molecule has 14 nitrogen and oxygen atoms in total. The lowest BCUT2D eigenvalue weighted by Crippen LogP contribution is -2.51. The average Bonchev–Trinajstić information content (AvgIpc) is 3.91. The van der Waals surface area contributed by atoms with Crippen molar-refractivity contribution in [2.24, 2.45) is 0 Å². The van der Waals surface area contributed by atoms with Crippen LogP contribution in [-0.4, -0.2) is 89.6 Å². The summed E-state index contributed by atoms with van der Waals surface area (Å²) in [5.41, 5.74) is 2.85. The molecule has 0 radical (unpaired) electrons. The second-order valence-electron chi connectivity index (χ2n) is 19.3. The van der Waals surface area contributed by atoms with Crippen LogP contribution in [0.1, 0.15) is 94.4 Å². The number of ether oxygens (including phenoxy) is 3. The molecule has 1 unspecified atom stereocenters. The summed E-state index contributed by atoms with van der Waals surface area (Å²) in [4.78, 5) is 27.7. The molecule has 2 heterocycles. The Hall–Kier alpha value is -5.56. The van der Waals surface area contributed by atoms with E-state index >= 15 is 0 Å². The molecule has 0 aliphatic heterocycles. The van der Waals surface area contributed by atoms with E-state index in [0.29, 0.717) is 34.6 Å². The van der Waals surface area contributed by atoms with Gasteiger partial charge in [-0.05, 0) is 105 Å². The van der Waals surface area contributed by atoms with E-state index in [-0.39, 0.29) is 41.9 Å². The topological polar surface area (TPSA) is 155 Å². The zero-order valence-electron chi connectivity index (χ0n) is 41.6. The quantitative estimate of drug-likeness (QED) is 0.0335. The Morgan fingerprint density at radius 3 is 1.93 bits per heavy atom. The maximum Gasteiger partial charge on any atom is 0.259 e. The van der Waals surface area contributed by atoms with Crippen LogP contribution in [0.5, 0.6) is 11.5 Å². The first-order valence-corrected chi connectivity index (χ1v) is 27.6. The molecule has 1 amide bonds. The van der Waals surface area contributed by atoms with E-state index in [1.807, 2.05) is 65.2 Å². The van der Waals surface area contributed by atoms with E-state index < -0.39 is 46.8 Å². The number of nitriles is 1. The van der Waals surface area contributed by atoms with Crippen LogP contribution in [0, 0.1) is 11.3 Å². The van der Waals surface area contributed by atoms with Gasteiger partial charge in [-0.2, -0.15) is 5.26 Å². The Kier molecular flexibility index (Phi) is 16.4. The normalized spacial score (nSPS) is 18.2. The number of imidazole rings is 1. The maximum absolute atomic E-state index is 13.5. The van der Waals surface area contributed by atoms with Gasteiger partial charge < -0.3 is 37.6 Å². The van der Waals surface area contributed by atoms with E-state index in [1.165, 1.54) is 6.33 Å². The number of anilines is 1. The summed E-state index contributed by atoms with van der Waals surface area (Å²) in [5.74, 6) is 1.38. The smallest absolute Gasteiger partial charge is 0.259 e. The predicted octanol–water partition coefficient (Wildman–Crippen LogP) is 11.5. The minimum atomic E-state index is -2.65. The number of carbonyl (C=O) groups is 1. The molecule has 1 fully saturated rings. The zero-order chi connectivity index (χ0) is 49.5. The van der Waals surface area contributed by atoms with E-state index in [2.05, 4.69) is 119 Å². The Labute approximate surface area is 409 Å². The van der Waals surface area contributed by atoms with Gasteiger partial charge in [-0.15, -0.1) is 0 Å². The van der Waals surface area contributed by atoms with Gasteiger partial charge in [-0.3, -0.25) is 4.79 Å². The molecule has 5 atom stereocenters. The van der Waals surface area contributed by atoms with Crippen molar-refractivity contribution in [3.8, 4) is 17.6 Å². The van der Waals surface area contributed by atoms with Gasteiger partial charge in [0.25, 0.3) is 14.4 Å². The van der Waals surface area contributed by atoms with Crippen molar-refractivity contribution >= 4 is 39.7 Å². The van der Waals surface area contributed by atoms with Crippen molar-refractivity contribution in [2.75, 3.05) is 26.1 Å². The second kappa shape index (κ2) is 22.0. The Morgan fingerprint density at radius 1 is 0.826 bits per heavy atom. The average molecular weight is 972 g/mol. The van der Waals surface area contributed by atoms with E-state index in [1.54, 1.807) is 32.7 Å². The van der Waals surface area contributed by atoms with Crippen LogP contribution >= 0.6 is 8.53 Å². The Balaban J connectivity index is 1.47. The molecule has 0 saturated heterocycles. The molecule has 1 aliphatic rings. The van der Waals surface area contributed by atoms with Crippen molar-refractivity contribution in [3.63, 3.8) is 0 Å². The molecular weight excluding hydrogens is 906 g/mol. The number of rotatable bonds is 20. The molecular formula is C53H66N7O7PSi. The fourth-order valence-corrected chi connectivity index (χ4v) is 11.8. The van der Waals surface area contributed by atoms with E-state index in [4.69, 9.17) is 37.7 Å². The molecule has 2 aromatic heterocycles. The van der Waals surface area contributed by atoms with Crippen LogP contribution < -0.4 is 14.8 Å². The predicted molar refractivity (Wildman–Crippen MR) is 273 cm³/mol. The summed E-state index contributed by atoms with van der Waals surface area (Å²) >= 11 is 0. The van der Waals surface area contributed by atoms with Crippen molar-refractivity contribution in [3.05, 3.63) is 144 Å². The lowest BCUT2D eigenvalue weighted by atomic mass is 9.79. The third-order valence-electron chi connectivity index (χ3n) is 13.1. The first kappa shape index (κ1) is 51.3. The highest BCUT2D eigenvalue weighted by Crippen LogP contribution is 2.55. The zero-order valence-corrected chi connectivity index (χ0v) is 43.5. The minimum absolute atomic E-state index is 0.0262. The molecule has 6 aromatic rings. The summed E-state index contributed by atoms with van der Waals surface area (Å²) < 4.78 is 45.6. The summed E-state index contributed by atoms with van der Waals surface area (Å²) in [5, 5.41) is 12.5. The lowest BCUT2D eigenvalue weighted by molar-refractivity contribution is -0.0997. The number of aromatic nitrogens is 4. The highest BCUT2D eigenvalue weighted by atomic mass is 31.2. The number of carbonyl (C=O) groups excluding carboxylic acids is 1. The number of fused-ring (bicyclic) bond motifs is 1. The van der Waals surface area contributed by atoms with E-state index in [0.717, 1.165) is 16.7 Å². The molecule has 7 rings (SSSR count). The highest BCUT2D eigenvalue weighted by Gasteiger charge is 2.55. The van der Waals surface area contributed by atoms with Crippen LogP contribution in [0.25, 0.3) is 11.2 Å². The van der Waals surface area contributed by atoms with Crippen molar-refractivity contribution in [1.29, 1.82) is 5.26 Å². The first-order chi connectivity index (χ1) is 33.0. The number of hydrogen-bond donors (Lipinski definition) is 1. The third-order valence-corrected chi connectivity index (χ3v) is 19.7. The molecule has 69 heavy (non-hydrogen) atoms. The summed E-state index contributed by atoms with van der Waals surface area (Å²) in [6.07, 6.45) is 1.72. The molecule has 16 heteroatoms. The van der Waals surface area contributed by atoms with Crippen LogP contribution in [0.3, 0.4) is 0 Å². The van der Waals surface area contributed by atoms with Crippen molar-refractivity contribution in [1.82, 2.24) is 24.2 Å². The van der Waals surface area contributed by atoms with Gasteiger partial charge >= 0.3 is 0 Å². The second-order valence-corrected chi connectivity index (χ2v) is 25.5. The molecule has 364 valence electrons. The van der Waals surface area contributed by atoms with Crippen molar-refractivity contribution < 1.29 is 32.5 Å². The monoisotopic (exact) mass is 971 g/mol. The lowest BCUT2D eigenvalue weighted by Gasteiger charge is -2.45. The number of nitrogens with one attached hydrogen (secondary N) is 1. The Morgan fingerprint density at radius 2 is 1.39 bits per heavy atom. The van der Waals surface area contributed by atoms with Crippen molar-refractivity contribution in [2.45, 2.75) is 121 Å². The van der Waals surface area contributed by atoms with Crippen LogP contribution in [0.15, 0.2) is 122 Å². The summed E-state index contributed by atoms with van der Waals surface area (Å²) in [6, 6.07) is 37.0. The number of amides is 1. The van der Waals surface area contributed by atoms with Crippen LogP contribution in [-0.2, 0) is 23.8 Å². The standard InChI is InChI=1S/C53H66N7O7PSi/c1-36(2)60(37(3)4)68(64-32-18-31-54)66-47-44(59-35-57-46-49(55-34-56-50(46)59)58-51(61)38-19-14-12-15-20-38)33-45(48(47)67-69(10,11)52(5,6)7)65-53(39-21-16-13-17-22-39,40-23-27-42(62-8)28-24-40)41-25-29-43(63-9)30-26-41/h12-17,19-30,34-37,44-45,47-48H,18,32-33H2,1-11H3,(H,55,56,58,61)/t44-,45+,47+,48-,68?/m1/s1. The summed E-state index contributed by atoms with van der Waals surface area (Å²) in [7, 11) is -1.13. The molecule has 1 N–H and O–H groups in total. The molecule has 4 aromatic carbocycles. The number of benzene rings is 4. The number of hydrogen-bond acceptors (Lipinski definition) is 12. The van der Waals surface area contributed by atoms with Gasteiger partial charge in [0, 0.05) is 17.6 Å². The van der Waals surface area contributed by atoms with Crippen LogP contribution in [0.2, 0.25) is 18.1 Å². The molecule has 1 saturated carbocycles. The minimum Gasteiger partial charge on any atom is -0.497 e. The largest absolute Gasteiger partial charge is 0.497 e. The van der Waals surface area contributed by atoms with Gasteiger partial charge in [0.1, 0.15) is 35.6 Å². The summed E-state index contributed by atoms with van der Waals surface area (Å²) in [6.45, 7) is 19.8. The molecule has 0 bridgehead atoms. The highest BCUT2D eigenvalue weighted by molar-refractivity contribution is 7.44. The fourth-order valence-electron chi connectivity index (χ4n) is 8.72. The number of nitrogens with zero attached hydrogens (tertiary/aromatic N) is 6. The van der Waals surface area contributed by atoms with Gasteiger partial charge in [0.15, 0.2) is 25.3 Å². The van der Waals surface area contributed by atoms with Crippen LogP contribution in [0.4, 0.5) is 5.82 Å². The van der Waals surface area contributed by atoms with E-state index in [9.17, 15) is 10.1 Å². The first-order valence-electron chi connectivity index (χ1n) is 23.5. The van der Waals surface area contributed by atoms with Gasteiger partial charge in [0.2, 0.25) is 0 Å². The van der Waals surface area contributed by atoms with Gasteiger partial charge in [-0.1, -0.05) is 93.6 Å². The third kappa shape index (κ3) is 11.1.